The van der Waals surface area contributed by atoms with Crippen molar-refractivity contribution in [1.29, 1.82) is 0 Å². The molecule has 0 aliphatic carbocycles. The second-order valence-electron chi connectivity index (χ2n) is 6.44. The van der Waals surface area contributed by atoms with Crippen molar-refractivity contribution in [1.82, 2.24) is 4.57 Å². The lowest BCUT2D eigenvalue weighted by Gasteiger charge is -2.24. The van der Waals surface area contributed by atoms with Crippen LogP contribution in [0.15, 0.2) is 67.0 Å². The van der Waals surface area contributed by atoms with Gasteiger partial charge in [-0.2, -0.15) is 0 Å². The molecule has 0 spiro atoms. The van der Waals surface area contributed by atoms with Crippen molar-refractivity contribution in [2.75, 3.05) is 18.1 Å². The third kappa shape index (κ3) is 2.83. The molecule has 1 aromatic heterocycles. The number of aryl methyl sites for hydroxylation is 2. The zero-order valence-corrected chi connectivity index (χ0v) is 14.1. The smallest absolute Gasteiger partial charge is 0.158 e. The predicted molar refractivity (Wildman–Crippen MR) is 97.7 cm³/mol. The van der Waals surface area contributed by atoms with Crippen LogP contribution >= 0.6 is 0 Å². The average Bonchev–Trinajstić information content (AvgIpc) is 3.24. The van der Waals surface area contributed by atoms with E-state index in [0.717, 1.165) is 13.2 Å². The fourth-order valence-corrected chi connectivity index (χ4v) is 3.26. The van der Waals surface area contributed by atoms with Crippen LogP contribution in [0.1, 0.15) is 22.9 Å². The minimum atomic E-state index is -0.0150. The van der Waals surface area contributed by atoms with Crippen LogP contribution in [0.3, 0.4) is 0 Å². The summed E-state index contributed by atoms with van der Waals surface area (Å²) < 4.78 is 8.19. The van der Waals surface area contributed by atoms with Gasteiger partial charge in [-0.25, -0.2) is 0 Å². The Morgan fingerprint density at radius 1 is 0.917 bits per heavy atom. The summed E-state index contributed by atoms with van der Waals surface area (Å²) in [4.78, 5) is 2.33. The highest BCUT2D eigenvalue weighted by atomic mass is 16.5. The minimum Gasteiger partial charge on any atom is -0.352 e. The number of anilines is 1. The topological polar surface area (TPSA) is 17.4 Å². The summed E-state index contributed by atoms with van der Waals surface area (Å²) in [5, 5.41) is 0. The molecule has 1 saturated heterocycles. The zero-order chi connectivity index (χ0) is 16.5. The first kappa shape index (κ1) is 15.0. The van der Waals surface area contributed by atoms with Gasteiger partial charge in [0.2, 0.25) is 0 Å². The minimum absolute atomic E-state index is 0.0150. The van der Waals surface area contributed by atoms with Crippen LogP contribution in [0.5, 0.6) is 0 Å². The van der Waals surface area contributed by atoms with Crippen LogP contribution in [0.4, 0.5) is 5.69 Å². The molecule has 1 aliphatic rings. The van der Waals surface area contributed by atoms with Gasteiger partial charge in [0.15, 0.2) is 6.23 Å². The first-order valence-corrected chi connectivity index (χ1v) is 8.40. The van der Waals surface area contributed by atoms with Crippen LogP contribution in [-0.4, -0.2) is 17.7 Å². The van der Waals surface area contributed by atoms with Crippen LogP contribution in [-0.2, 0) is 4.74 Å². The number of benzene rings is 2. The van der Waals surface area contributed by atoms with Crippen molar-refractivity contribution in [3.8, 4) is 5.69 Å². The molecule has 3 nitrogen and oxygen atoms in total. The molecule has 0 amide bonds. The molecule has 3 aromatic rings. The molecule has 2 aromatic carbocycles. The monoisotopic (exact) mass is 318 g/mol. The average molecular weight is 318 g/mol. The summed E-state index contributed by atoms with van der Waals surface area (Å²) in [6.07, 6.45) is 4.27. The van der Waals surface area contributed by atoms with Gasteiger partial charge in [0.05, 0.1) is 6.61 Å². The highest BCUT2D eigenvalue weighted by Gasteiger charge is 2.27. The van der Waals surface area contributed by atoms with Crippen LogP contribution in [0.25, 0.3) is 5.69 Å². The van der Waals surface area contributed by atoms with Gasteiger partial charge in [-0.1, -0.05) is 29.8 Å². The number of ether oxygens (including phenoxy) is 1. The molecule has 0 N–H and O–H groups in total. The lowest BCUT2D eigenvalue weighted by Crippen LogP contribution is -2.22. The van der Waals surface area contributed by atoms with Gasteiger partial charge in [-0.3, -0.25) is 0 Å². The maximum Gasteiger partial charge on any atom is 0.158 e. The first-order chi connectivity index (χ1) is 11.7. The van der Waals surface area contributed by atoms with Gasteiger partial charge in [-0.15, -0.1) is 0 Å². The second kappa shape index (κ2) is 6.17. The van der Waals surface area contributed by atoms with Crippen molar-refractivity contribution < 1.29 is 4.74 Å². The predicted octanol–water partition coefficient (Wildman–Crippen LogP) is 4.63. The molecule has 0 saturated carbocycles. The second-order valence-corrected chi connectivity index (χ2v) is 6.44. The van der Waals surface area contributed by atoms with Gasteiger partial charge in [0.1, 0.15) is 0 Å². The zero-order valence-electron chi connectivity index (χ0n) is 14.1. The quantitative estimate of drug-likeness (QED) is 0.700. The van der Waals surface area contributed by atoms with E-state index >= 15 is 0 Å². The van der Waals surface area contributed by atoms with Crippen molar-refractivity contribution in [3.05, 3.63) is 83.7 Å². The normalized spacial score (nSPS) is 17.4. The van der Waals surface area contributed by atoms with E-state index in [-0.39, 0.29) is 6.23 Å². The van der Waals surface area contributed by atoms with Crippen molar-refractivity contribution in [2.45, 2.75) is 20.1 Å². The molecule has 4 rings (SSSR count). The third-order valence-electron chi connectivity index (χ3n) is 4.56. The van der Waals surface area contributed by atoms with E-state index in [1.54, 1.807) is 0 Å². The van der Waals surface area contributed by atoms with E-state index in [1.165, 1.54) is 28.1 Å². The summed E-state index contributed by atoms with van der Waals surface area (Å²) >= 11 is 0. The molecular formula is C21H22N2O. The molecule has 1 aliphatic heterocycles. The van der Waals surface area contributed by atoms with Crippen LogP contribution < -0.4 is 4.90 Å². The Bertz CT molecular complexity index is 835. The summed E-state index contributed by atoms with van der Waals surface area (Å²) in [6.45, 7) is 5.91. The lowest BCUT2D eigenvalue weighted by molar-refractivity contribution is 0.114. The number of hydrogen-bond donors (Lipinski definition) is 0. The molecule has 24 heavy (non-hydrogen) atoms. The molecule has 1 atom stereocenters. The van der Waals surface area contributed by atoms with Crippen molar-refractivity contribution >= 4 is 5.69 Å². The molecule has 0 bridgehead atoms. The number of nitrogens with zero attached hydrogens (tertiary/aromatic N) is 2. The van der Waals surface area contributed by atoms with Crippen LogP contribution in [0.2, 0.25) is 0 Å². The highest BCUT2D eigenvalue weighted by molar-refractivity contribution is 5.50. The van der Waals surface area contributed by atoms with E-state index in [0.29, 0.717) is 0 Å². The van der Waals surface area contributed by atoms with Crippen molar-refractivity contribution in [3.63, 3.8) is 0 Å². The first-order valence-electron chi connectivity index (χ1n) is 8.40. The molecule has 0 radical (unpaired) electrons. The Kier molecular flexibility index (Phi) is 3.87. The number of rotatable bonds is 3. The molecule has 0 unspecified atom stereocenters. The molecule has 2 heterocycles. The van der Waals surface area contributed by atoms with Gasteiger partial charge >= 0.3 is 0 Å². The van der Waals surface area contributed by atoms with E-state index in [1.807, 2.05) is 0 Å². The summed E-state index contributed by atoms with van der Waals surface area (Å²) in [5.74, 6) is 0. The Hall–Kier alpha value is -2.52. The Labute approximate surface area is 143 Å². The highest BCUT2D eigenvalue weighted by Crippen LogP contribution is 2.32. The van der Waals surface area contributed by atoms with Gasteiger partial charge < -0.3 is 14.2 Å². The summed E-state index contributed by atoms with van der Waals surface area (Å²) in [7, 11) is 0. The SMILES string of the molecule is Cc1ccc(N2CCO[C@H]2c2ccn(-c3cccc(C)c3)c2)cc1. The Morgan fingerprint density at radius 3 is 2.54 bits per heavy atom. The number of aromatic nitrogens is 1. The van der Waals surface area contributed by atoms with E-state index < -0.39 is 0 Å². The standard InChI is InChI=1S/C21H22N2O/c1-16-6-8-19(9-7-16)23-12-13-24-21(23)18-10-11-22(15-18)20-5-3-4-17(2)14-20/h3-11,14-15,21H,12-13H2,1-2H3/t21-/m0/s1. The third-order valence-corrected chi connectivity index (χ3v) is 4.56. The van der Waals surface area contributed by atoms with Crippen molar-refractivity contribution in [2.24, 2.45) is 0 Å². The maximum atomic E-state index is 6.02. The largest absolute Gasteiger partial charge is 0.352 e. The van der Waals surface area contributed by atoms with E-state index in [9.17, 15) is 0 Å². The fourth-order valence-electron chi connectivity index (χ4n) is 3.26. The van der Waals surface area contributed by atoms with Gasteiger partial charge in [0.25, 0.3) is 0 Å². The number of hydrogen-bond acceptors (Lipinski definition) is 2. The van der Waals surface area contributed by atoms with Gasteiger partial charge in [0, 0.05) is 35.9 Å². The Morgan fingerprint density at radius 2 is 1.75 bits per heavy atom. The maximum absolute atomic E-state index is 6.02. The summed E-state index contributed by atoms with van der Waals surface area (Å²) in [5.41, 5.74) is 6.13. The molecule has 1 fully saturated rings. The molecule has 3 heteroatoms. The van der Waals surface area contributed by atoms with E-state index in [4.69, 9.17) is 4.74 Å². The molecule has 122 valence electrons. The lowest BCUT2D eigenvalue weighted by atomic mass is 10.2. The Balaban J connectivity index is 1.62. The summed E-state index contributed by atoms with van der Waals surface area (Å²) in [6, 6.07) is 19.3. The fraction of sp³-hybridized carbons (Fsp3) is 0.238. The van der Waals surface area contributed by atoms with Crippen LogP contribution in [0, 0.1) is 13.8 Å². The van der Waals surface area contributed by atoms with Gasteiger partial charge in [-0.05, 0) is 49.7 Å². The molecular weight excluding hydrogens is 296 g/mol. The van der Waals surface area contributed by atoms with E-state index in [2.05, 4.69) is 90.3 Å².